The lowest BCUT2D eigenvalue weighted by molar-refractivity contribution is 0.267. The first-order valence-electron chi connectivity index (χ1n) is 9.10. The second-order valence-corrected chi connectivity index (χ2v) is 7.45. The van der Waals surface area contributed by atoms with Gasteiger partial charge in [-0.05, 0) is 66.7 Å². The number of benzene rings is 2. The summed E-state index contributed by atoms with van der Waals surface area (Å²) in [5.74, 6) is 0.657. The summed E-state index contributed by atoms with van der Waals surface area (Å²) in [6, 6.07) is 14.8. The number of ether oxygens (including phenoxy) is 1. The summed E-state index contributed by atoms with van der Waals surface area (Å²) >= 11 is 0. The lowest BCUT2D eigenvalue weighted by Crippen LogP contribution is -2.28. The van der Waals surface area contributed by atoms with Gasteiger partial charge in [-0.15, -0.1) is 0 Å². The monoisotopic (exact) mass is 340 g/mol. The number of nitrogens with zero attached hydrogens (tertiary/aromatic N) is 1. The Morgan fingerprint density at radius 2 is 1.96 bits per heavy atom. The molecule has 25 heavy (non-hydrogen) atoms. The molecule has 0 aromatic heterocycles. The average molecular weight is 340 g/mol. The molecule has 2 fully saturated rings. The Morgan fingerprint density at radius 3 is 2.76 bits per heavy atom. The van der Waals surface area contributed by atoms with Crippen molar-refractivity contribution in [2.45, 2.75) is 26.0 Å². The average Bonchev–Trinajstić information content (AvgIpc) is 3.25. The smallest absolute Gasteiger partial charge is 0.123 e. The lowest BCUT2D eigenvalue weighted by Gasteiger charge is -2.23. The van der Waals surface area contributed by atoms with Crippen molar-refractivity contribution in [3.05, 3.63) is 65.5 Å². The van der Waals surface area contributed by atoms with E-state index in [1.165, 1.54) is 56.7 Å². The van der Waals surface area contributed by atoms with Gasteiger partial charge in [-0.1, -0.05) is 24.3 Å². The zero-order valence-electron chi connectivity index (χ0n) is 14.5. The van der Waals surface area contributed by atoms with E-state index < -0.39 is 0 Å². The van der Waals surface area contributed by atoms with E-state index in [1.807, 2.05) is 6.07 Å². The molecule has 0 saturated carbocycles. The van der Waals surface area contributed by atoms with Crippen LogP contribution in [0.15, 0.2) is 48.5 Å². The van der Waals surface area contributed by atoms with Gasteiger partial charge >= 0.3 is 0 Å². The molecule has 132 valence electrons. The highest BCUT2D eigenvalue weighted by Gasteiger charge is 2.39. The van der Waals surface area contributed by atoms with Crippen LogP contribution in [0, 0.1) is 11.2 Å². The SMILES string of the molecule is Fc1ccc(COc2cccc(CN3CCC4(CCNC4)C3)c2)cc1. The molecule has 2 saturated heterocycles. The van der Waals surface area contributed by atoms with Crippen LogP contribution in [0.25, 0.3) is 0 Å². The van der Waals surface area contributed by atoms with Crippen LogP contribution < -0.4 is 10.1 Å². The molecule has 0 radical (unpaired) electrons. The van der Waals surface area contributed by atoms with Crippen LogP contribution in [0.5, 0.6) is 5.75 Å². The third-order valence-electron chi connectivity index (χ3n) is 5.47. The minimum Gasteiger partial charge on any atom is -0.489 e. The predicted molar refractivity (Wildman–Crippen MR) is 97.0 cm³/mol. The zero-order chi connectivity index (χ0) is 17.1. The van der Waals surface area contributed by atoms with Crippen molar-refractivity contribution in [3.63, 3.8) is 0 Å². The van der Waals surface area contributed by atoms with Gasteiger partial charge in [-0.25, -0.2) is 4.39 Å². The Balaban J connectivity index is 1.34. The maximum Gasteiger partial charge on any atom is 0.123 e. The molecule has 0 amide bonds. The van der Waals surface area contributed by atoms with Gasteiger partial charge in [0.1, 0.15) is 18.2 Å². The minimum absolute atomic E-state index is 0.216. The number of hydrogen-bond acceptors (Lipinski definition) is 3. The Bertz CT molecular complexity index is 710. The van der Waals surface area contributed by atoms with E-state index in [1.54, 1.807) is 12.1 Å². The molecule has 1 atom stereocenters. The molecule has 4 rings (SSSR count). The molecule has 0 bridgehead atoms. The van der Waals surface area contributed by atoms with E-state index in [0.717, 1.165) is 17.9 Å². The number of likely N-dealkylation sites (tertiary alicyclic amines) is 1. The van der Waals surface area contributed by atoms with Crippen LogP contribution in [-0.4, -0.2) is 31.1 Å². The number of halogens is 1. The number of hydrogen-bond donors (Lipinski definition) is 1. The van der Waals surface area contributed by atoms with Crippen molar-refractivity contribution in [1.29, 1.82) is 0 Å². The molecule has 2 heterocycles. The van der Waals surface area contributed by atoms with E-state index in [0.29, 0.717) is 12.0 Å². The molecule has 1 N–H and O–H groups in total. The highest BCUT2D eigenvalue weighted by Crippen LogP contribution is 2.36. The van der Waals surface area contributed by atoms with Crippen molar-refractivity contribution in [1.82, 2.24) is 10.2 Å². The molecule has 1 spiro atoms. The molecule has 2 aliphatic heterocycles. The van der Waals surface area contributed by atoms with Gasteiger partial charge in [0.15, 0.2) is 0 Å². The summed E-state index contributed by atoms with van der Waals surface area (Å²) < 4.78 is 18.8. The van der Waals surface area contributed by atoms with Gasteiger partial charge in [-0.2, -0.15) is 0 Å². The third kappa shape index (κ3) is 4.02. The largest absolute Gasteiger partial charge is 0.489 e. The van der Waals surface area contributed by atoms with Crippen LogP contribution in [0.1, 0.15) is 24.0 Å². The molecule has 0 aliphatic carbocycles. The minimum atomic E-state index is -0.216. The van der Waals surface area contributed by atoms with E-state index in [-0.39, 0.29) is 5.82 Å². The number of rotatable bonds is 5. The lowest BCUT2D eigenvalue weighted by atomic mass is 9.86. The summed E-state index contributed by atoms with van der Waals surface area (Å²) in [5, 5.41) is 3.51. The van der Waals surface area contributed by atoms with Crippen molar-refractivity contribution in [3.8, 4) is 5.75 Å². The molecule has 4 heteroatoms. The predicted octanol–water partition coefficient (Wildman–Crippen LogP) is 3.59. The van der Waals surface area contributed by atoms with Gasteiger partial charge in [0.05, 0.1) is 0 Å². The Hall–Kier alpha value is -1.91. The standard InChI is InChI=1S/C21H25FN2O/c22-19-6-4-17(5-7-19)14-25-20-3-1-2-18(12-20)13-24-11-9-21(16-24)8-10-23-15-21/h1-7,12,23H,8-11,13-16H2. The van der Waals surface area contributed by atoms with E-state index in [4.69, 9.17) is 4.74 Å². The highest BCUT2D eigenvalue weighted by molar-refractivity contribution is 5.29. The Kier molecular flexibility index (Phi) is 4.73. The fourth-order valence-corrected chi connectivity index (χ4v) is 4.05. The van der Waals surface area contributed by atoms with Gasteiger partial charge in [0.25, 0.3) is 0 Å². The fraction of sp³-hybridized carbons (Fsp3) is 0.429. The first-order chi connectivity index (χ1) is 12.2. The van der Waals surface area contributed by atoms with Gasteiger partial charge in [0, 0.05) is 19.6 Å². The quantitative estimate of drug-likeness (QED) is 0.900. The summed E-state index contributed by atoms with van der Waals surface area (Å²) in [6.07, 6.45) is 2.62. The van der Waals surface area contributed by atoms with E-state index in [2.05, 4.69) is 28.4 Å². The van der Waals surface area contributed by atoms with Crippen molar-refractivity contribution >= 4 is 0 Å². The second kappa shape index (κ2) is 7.14. The van der Waals surface area contributed by atoms with Crippen molar-refractivity contribution in [2.75, 3.05) is 26.2 Å². The Labute approximate surface area is 148 Å². The maximum atomic E-state index is 13.0. The zero-order valence-corrected chi connectivity index (χ0v) is 14.5. The summed E-state index contributed by atoms with van der Waals surface area (Å²) in [4.78, 5) is 2.56. The van der Waals surface area contributed by atoms with Gasteiger partial charge < -0.3 is 10.1 Å². The van der Waals surface area contributed by atoms with Crippen molar-refractivity contribution < 1.29 is 9.13 Å². The molecule has 2 aliphatic rings. The van der Waals surface area contributed by atoms with Crippen LogP contribution in [0.3, 0.4) is 0 Å². The molecule has 3 nitrogen and oxygen atoms in total. The second-order valence-electron chi connectivity index (χ2n) is 7.45. The molecule has 1 unspecified atom stereocenters. The normalized spacial score (nSPS) is 23.4. The first-order valence-corrected chi connectivity index (χ1v) is 9.10. The topological polar surface area (TPSA) is 24.5 Å². The van der Waals surface area contributed by atoms with Gasteiger partial charge in [-0.3, -0.25) is 4.90 Å². The van der Waals surface area contributed by atoms with Crippen LogP contribution >= 0.6 is 0 Å². The van der Waals surface area contributed by atoms with Gasteiger partial charge in [0.2, 0.25) is 0 Å². The fourth-order valence-electron chi connectivity index (χ4n) is 4.05. The van der Waals surface area contributed by atoms with Crippen LogP contribution in [-0.2, 0) is 13.2 Å². The highest BCUT2D eigenvalue weighted by atomic mass is 19.1. The van der Waals surface area contributed by atoms with Crippen molar-refractivity contribution in [2.24, 2.45) is 5.41 Å². The molecular formula is C21H25FN2O. The molecule has 2 aromatic carbocycles. The summed E-state index contributed by atoms with van der Waals surface area (Å²) in [7, 11) is 0. The maximum absolute atomic E-state index is 13.0. The number of nitrogens with one attached hydrogen (secondary N) is 1. The van der Waals surface area contributed by atoms with E-state index in [9.17, 15) is 4.39 Å². The summed E-state index contributed by atoms with van der Waals surface area (Å²) in [5.41, 5.74) is 2.78. The molecule has 2 aromatic rings. The Morgan fingerprint density at radius 1 is 1.08 bits per heavy atom. The molecular weight excluding hydrogens is 315 g/mol. The third-order valence-corrected chi connectivity index (χ3v) is 5.47. The summed E-state index contributed by atoms with van der Waals surface area (Å²) in [6.45, 7) is 6.16. The van der Waals surface area contributed by atoms with E-state index >= 15 is 0 Å². The van der Waals surface area contributed by atoms with Crippen LogP contribution in [0.2, 0.25) is 0 Å². The van der Waals surface area contributed by atoms with Crippen LogP contribution in [0.4, 0.5) is 4.39 Å². The first kappa shape index (κ1) is 16.6.